The van der Waals surface area contributed by atoms with Crippen LogP contribution in [-0.2, 0) is 6.54 Å². The SMILES string of the molecule is COc1cc(CNCCN2CCNC2=O)ccc1OC[C@@H](O)CN1CCCCCCC1. The van der Waals surface area contributed by atoms with Crippen LogP contribution in [0.3, 0.4) is 0 Å². The Morgan fingerprint density at radius 2 is 1.90 bits per heavy atom. The second kappa shape index (κ2) is 12.7. The second-order valence-electron chi connectivity index (χ2n) is 8.41. The third kappa shape index (κ3) is 7.87. The summed E-state index contributed by atoms with van der Waals surface area (Å²) in [5.74, 6) is 1.31. The molecule has 2 amide bonds. The van der Waals surface area contributed by atoms with E-state index < -0.39 is 6.10 Å². The summed E-state index contributed by atoms with van der Waals surface area (Å²) in [5, 5.41) is 16.6. The van der Waals surface area contributed by atoms with Crippen molar-refractivity contribution in [2.45, 2.75) is 44.8 Å². The minimum Gasteiger partial charge on any atom is -0.493 e. The highest BCUT2D eigenvalue weighted by Crippen LogP contribution is 2.28. The zero-order valence-electron chi connectivity index (χ0n) is 18.8. The summed E-state index contributed by atoms with van der Waals surface area (Å²) in [7, 11) is 1.63. The highest BCUT2D eigenvalue weighted by Gasteiger charge is 2.18. The maximum atomic E-state index is 11.5. The van der Waals surface area contributed by atoms with Crippen LogP contribution >= 0.6 is 0 Å². The molecule has 1 atom stereocenters. The molecule has 2 saturated heterocycles. The first kappa shape index (κ1) is 23.6. The van der Waals surface area contributed by atoms with E-state index in [1.165, 1.54) is 32.1 Å². The smallest absolute Gasteiger partial charge is 0.317 e. The van der Waals surface area contributed by atoms with Crippen molar-refractivity contribution in [3.8, 4) is 11.5 Å². The lowest BCUT2D eigenvalue weighted by Crippen LogP contribution is -2.37. The molecular formula is C23H38N4O4. The molecule has 0 bridgehead atoms. The largest absolute Gasteiger partial charge is 0.493 e. The van der Waals surface area contributed by atoms with E-state index >= 15 is 0 Å². The molecule has 3 N–H and O–H groups in total. The Morgan fingerprint density at radius 3 is 2.61 bits per heavy atom. The number of rotatable bonds is 11. The Kier molecular flexibility index (Phi) is 9.71. The van der Waals surface area contributed by atoms with Gasteiger partial charge < -0.3 is 35.0 Å². The van der Waals surface area contributed by atoms with Gasteiger partial charge >= 0.3 is 6.03 Å². The van der Waals surface area contributed by atoms with Crippen LogP contribution in [0.25, 0.3) is 0 Å². The van der Waals surface area contributed by atoms with E-state index in [-0.39, 0.29) is 12.6 Å². The fraction of sp³-hybridized carbons (Fsp3) is 0.696. The highest BCUT2D eigenvalue weighted by molar-refractivity contribution is 5.76. The van der Waals surface area contributed by atoms with Crippen molar-refractivity contribution in [2.75, 3.05) is 59.5 Å². The summed E-state index contributed by atoms with van der Waals surface area (Å²) in [5.41, 5.74) is 1.08. The average Bonchev–Trinajstić information content (AvgIpc) is 3.16. The van der Waals surface area contributed by atoms with E-state index in [0.29, 0.717) is 31.1 Å². The number of amides is 2. The Balaban J connectivity index is 1.40. The lowest BCUT2D eigenvalue weighted by atomic mass is 10.1. The fourth-order valence-electron chi connectivity index (χ4n) is 4.14. The maximum absolute atomic E-state index is 11.5. The lowest BCUT2D eigenvalue weighted by Gasteiger charge is -2.26. The molecule has 0 aliphatic carbocycles. The van der Waals surface area contributed by atoms with Crippen LogP contribution in [0.4, 0.5) is 4.79 Å². The molecule has 2 fully saturated rings. The molecule has 174 valence electrons. The third-order valence-corrected chi connectivity index (χ3v) is 5.91. The van der Waals surface area contributed by atoms with E-state index in [1.807, 2.05) is 23.1 Å². The fourth-order valence-corrected chi connectivity index (χ4v) is 4.14. The van der Waals surface area contributed by atoms with Crippen molar-refractivity contribution in [2.24, 2.45) is 0 Å². The van der Waals surface area contributed by atoms with Gasteiger partial charge in [0.2, 0.25) is 0 Å². The Bertz CT molecular complexity index is 680. The number of hydrogen-bond acceptors (Lipinski definition) is 6. The number of β-amino-alcohol motifs (C(OH)–C–C–N with tert-alkyl or cyclic N) is 1. The summed E-state index contributed by atoms with van der Waals surface area (Å²) in [4.78, 5) is 15.7. The van der Waals surface area contributed by atoms with E-state index in [4.69, 9.17) is 9.47 Å². The summed E-state index contributed by atoms with van der Waals surface area (Å²) in [6.45, 7) is 6.63. The number of methoxy groups -OCH3 is 1. The Morgan fingerprint density at radius 1 is 1.13 bits per heavy atom. The van der Waals surface area contributed by atoms with Crippen molar-refractivity contribution in [1.82, 2.24) is 20.4 Å². The molecule has 8 nitrogen and oxygen atoms in total. The van der Waals surface area contributed by atoms with Crippen molar-refractivity contribution in [3.63, 3.8) is 0 Å². The quantitative estimate of drug-likeness (QED) is 0.461. The Hall–Kier alpha value is -2.03. The summed E-state index contributed by atoms with van der Waals surface area (Å²) in [6, 6.07) is 5.86. The van der Waals surface area contributed by atoms with Gasteiger partial charge in [0, 0.05) is 39.3 Å². The summed E-state index contributed by atoms with van der Waals surface area (Å²) >= 11 is 0. The molecule has 0 saturated carbocycles. The second-order valence-corrected chi connectivity index (χ2v) is 8.41. The standard InChI is InChI=1S/C23H38N4O4/c1-30-22-15-19(16-24-9-13-27-14-10-25-23(27)29)7-8-21(22)31-18-20(28)17-26-11-5-3-2-4-6-12-26/h7-8,15,20,24,28H,2-6,9-14,16-18H2,1H3,(H,25,29)/t20-/m0/s1. The predicted octanol–water partition coefficient (Wildman–Crippen LogP) is 1.82. The monoisotopic (exact) mass is 434 g/mol. The molecule has 0 aromatic heterocycles. The number of aliphatic hydroxyl groups is 1. The molecule has 3 rings (SSSR count). The van der Waals surface area contributed by atoms with Crippen LogP contribution in [-0.4, -0.2) is 86.6 Å². The summed E-state index contributed by atoms with van der Waals surface area (Å²) in [6.07, 6.45) is 5.81. The normalized spacial score (nSPS) is 18.9. The predicted molar refractivity (Wildman–Crippen MR) is 121 cm³/mol. The van der Waals surface area contributed by atoms with Crippen molar-refractivity contribution < 1.29 is 19.4 Å². The van der Waals surface area contributed by atoms with Crippen LogP contribution < -0.4 is 20.1 Å². The van der Waals surface area contributed by atoms with Gasteiger partial charge in [-0.25, -0.2) is 4.79 Å². The molecule has 1 aromatic carbocycles. The van der Waals surface area contributed by atoms with Crippen LogP contribution in [0.15, 0.2) is 18.2 Å². The van der Waals surface area contributed by atoms with E-state index in [2.05, 4.69) is 15.5 Å². The molecule has 2 aliphatic rings. The minimum absolute atomic E-state index is 0.0125. The van der Waals surface area contributed by atoms with Crippen molar-refractivity contribution in [3.05, 3.63) is 23.8 Å². The van der Waals surface area contributed by atoms with E-state index in [9.17, 15) is 9.90 Å². The lowest BCUT2D eigenvalue weighted by molar-refractivity contribution is 0.0645. The third-order valence-electron chi connectivity index (χ3n) is 5.91. The minimum atomic E-state index is -0.520. The number of aliphatic hydroxyl groups excluding tert-OH is 1. The van der Waals surface area contributed by atoms with Gasteiger partial charge in [0.25, 0.3) is 0 Å². The number of carbonyl (C=O) groups excluding carboxylic acids is 1. The number of benzene rings is 1. The molecule has 2 heterocycles. The molecular weight excluding hydrogens is 396 g/mol. The van der Waals surface area contributed by atoms with E-state index in [1.54, 1.807) is 7.11 Å². The molecule has 0 spiro atoms. The molecule has 0 radical (unpaired) electrons. The zero-order chi connectivity index (χ0) is 21.9. The number of urea groups is 1. The van der Waals surface area contributed by atoms with Crippen LogP contribution in [0.2, 0.25) is 0 Å². The van der Waals surface area contributed by atoms with Crippen molar-refractivity contribution in [1.29, 1.82) is 0 Å². The summed E-state index contributed by atoms with van der Waals surface area (Å²) < 4.78 is 11.4. The molecule has 31 heavy (non-hydrogen) atoms. The molecule has 0 unspecified atom stereocenters. The zero-order valence-corrected chi connectivity index (χ0v) is 18.8. The van der Waals surface area contributed by atoms with Gasteiger partial charge in [-0.2, -0.15) is 0 Å². The first-order valence-corrected chi connectivity index (χ1v) is 11.6. The first-order valence-electron chi connectivity index (χ1n) is 11.6. The first-order chi connectivity index (χ1) is 15.2. The molecule has 2 aliphatic heterocycles. The van der Waals surface area contributed by atoms with Gasteiger partial charge in [-0.1, -0.05) is 25.3 Å². The number of ether oxygens (including phenoxy) is 2. The van der Waals surface area contributed by atoms with Crippen molar-refractivity contribution >= 4 is 6.03 Å². The highest BCUT2D eigenvalue weighted by atomic mass is 16.5. The molecule has 8 heteroatoms. The van der Waals surface area contributed by atoms with Crippen LogP contribution in [0.1, 0.15) is 37.7 Å². The molecule has 1 aromatic rings. The van der Waals surface area contributed by atoms with Gasteiger partial charge in [0.05, 0.1) is 7.11 Å². The maximum Gasteiger partial charge on any atom is 0.317 e. The number of nitrogens with one attached hydrogen (secondary N) is 2. The Labute approximate surface area is 185 Å². The topological polar surface area (TPSA) is 86.3 Å². The van der Waals surface area contributed by atoms with Crippen LogP contribution in [0.5, 0.6) is 11.5 Å². The van der Waals surface area contributed by atoms with E-state index in [0.717, 1.165) is 38.3 Å². The number of likely N-dealkylation sites (tertiary alicyclic amines) is 1. The number of carbonyl (C=O) groups is 1. The van der Waals surface area contributed by atoms with Gasteiger partial charge in [-0.05, 0) is 43.6 Å². The number of hydrogen-bond donors (Lipinski definition) is 3. The van der Waals surface area contributed by atoms with Gasteiger partial charge in [0.15, 0.2) is 11.5 Å². The van der Waals surface area contributed by atoms with Gasteiger partial charge in [0.1, 0.15) is 12.7 Å². The van der Waals surface area contributed by atoms with Crippen LogP contribution in [0, 0.1) is 0 Å². The van der Waals surface area contributed by atoms with Gasteiger partial charge in [-0.3, -0.25) is 0 Å². The van der Waals surface area contributed by atoms with Gasteiger partial charge in [-0.15, -0.1) is 0 Å². The average molecular weight is 435 g/mol. The number of nitrogens with zero attached hydrogens (tertiary/aromatic N) is 2.